The van der Waals surface area contributed by atoms with Crippen molar-refractivity contribution in [2.75, 3.05) is 13.1 Å². The number of alkyl halides is 3. The van der Waals surface area contributed by atoms with Crippen LogP contribution in [-0.2, 0) is 12.6 Å². The number of piperidine rings is 1. The zero-order valence-corrected chi connectivity index (χ0v) is 11.5. The summed E-state index contributed by atoms with van der Waals surface area (Å²) >= 11 is 0. The van der Waals surface area contributed by atoms with E-state index in [-0.39, 0.29) is 12.1 Å². The van der Waals surface area contributed by atoms with Gasteiger partial charge >= 0.3 is 6.18 Å². The van der Waals surface area contributed by atoms with Crippen molar-refractivity contribution in [3.63, 3.8) is 0 Å². The minimum atomic E-state index is -4.28. The Kier molecular flexibility index (Phi) is 4.70. The standard InChI is InChI=1S/C15H20F3NO/c1-11-9-14(20)6-8-19(11)7-5-12-3-2-4-13(10-12)15(16,17)18/h2-4,10-11,14,20H,5-9H2,1H3. The van der Waals surface area contributed by atoms with E-state index in [4.69, 9.17) is 0 Å². The monoisotopic (exact) mass is 287 g/mol. The molecule has 1 aliphatic rings. The molecule has 1 saturated heterocycles. The zero-order valence-electron chi connectivity index (χ0n) is 11.5. The van der Waals surface area contributed by atoms with E-state index in [1.54, 1.807) is 6.07 Å². The second kappa shape index (κ2) is 6.14. The molecule has 0 spiro atoms. The zero-order chi connectivity index (χ0) is 14.8. The maximum atomic E-state index is 12.6. The molecule has 0 aromatic heterocycles. The topological polar surface area (TPSA) is 23.5 Å². The van der Waals surface area contributed by atoms with Crippen molar-refractivity contribution in [2.45, 2.75) is 44.5 Å². The van der Waals surface area contributed by atoms with Crippen molar-refractivity contribution in [1.29, 1.82) is 0 Å². The molecule has 2 rings (SSSR count). The Bertz CT molecular complexity index is 447. The number of hydrogen-bond acceptors (Lipinski definition) is 2. The van der Waals surface area contributed by atoms with Gasteiger partial charge in [0.05, 0.1) is 11.7 Å². The van der Waals surface area contributed by atoms with Gasteiger partial charge in [0.15, 0.2) is 0 Å². The fourth-order valence-corrected chi connectivity index (χ4v) is 2.70. The van der Waals surface area contributed by atoms with Crippen LogP contribution in [0.3, 0.4) is 0 Å². The number of nitrogens with zero attached hydrogens (tertiary/aromatic N) is 1. The molecule has 1 fully saturated rings. The smallest absolute Gasteiger partial charge is 0.393 e. The molecule has 0 saturated carbocycles. The summed E-state index contributed by atoms with van der Waals surface area (Å²) in [6, 6.07) is 5.80. The van der Waals surface area contributed by atoms with E-state index >= 15 is 0 Å². The third-order valence-electron chi connectivity index (χ3n) is 3.93. The molecule has 2 nitrogen and oxygen atoms in total. The largest absolute Gasteiger partial charge is 0.416 e. The highest BCUT2D eigenvalue weighted by molar-refractivity contribution is 5.25. The average Bonchev–Trinajstić information content (AvgIpc) is 2.37. The number of halogens is 3. The molecule has 1 aliphatic heterocycles. The summed E-state index contributed by atoms with van der Waals surface area (Å²) in [5.74, 6) is 0. The van der Waals surface area contributed by atoms with Crippen LogP contribution in [0.15, 0.2) is 24.3 Å². The summed E-state index contributed by atoms with van der Waals surface area (Å²) < 4.78 is 37.9. The molecular formula is C15H20F3NO. The van der Waals surface area contributed by atoms with E-state index in [2.05, 4.69) is 11.8 Å². The van der Waals surface area contributed by atoms with Crippen LogP contribution in [0.25, 0.3) is 0 Å². The van der Waals surface area contributed by atoms with Gasteiger partial charge in [-0.15, -0.1) is 0 Å². The third kappa shape index (κ3) is 3.96. The van der Waals surface area contributed by atoms with Crippen LogP contribution < -0.4 is 0 Å². The van der Waals surface area contributed by atoms with Crippen LogP contribution in [-0.4, -0.2) is 35.2 Å². The van der Waals surface area contributed by atoms with Gasteiger partial charge in [-0.25, -0.2) is 0 Å². The van der Waals surface area contributed by atoms with Crippen molar-refractivity contribution in [3.8, 4) is 0 Å². The summed E-state index contributed by atoms with van der Waals surface area (Å²) in [5.41, 5.74) is 0.121. The molecule has 1 aromatic carbocycles. The highest BCUT2D eigenvalue weighted by atomic mass is 19.4. The lowest BCUT2D eigenvalue weighted by atomic mass is 10.00. The quantitative estimate of drug-likeness (QED) is 0.923. The minimum Gasteiger partial charge on any atom is -0.393 e. The van der Waals surface area contributed by atoms with Gasteiger partial charge in [-0.3, -0.25) is 0 Å². The lowest BCUT2D eigenvalue weighted by Gasteiger charge is -2.35. The highest BCUT2D eigenvalue weighted by Gasteiger charge is 2.30. The Balaban J connectivity index is 1.94. The normalized spacial score (nSPS) is 24.9. The first-order valence-corrected chi connectivity index (χ1v) is 6.94. The Morgan fingerprint density at radius 2 is 2.10 bits per heavy atom. The third-order valence-corrected chi connectivity index (χ3v) is 3.93. The van der Waals surface area contributed by atoms with Gasteiger partial charge < -0.3 is 10.0 Å². The van der Waals surface area contributed by atoms with Crippen LogP contribution in [0, 0.1) is 0 Å². The second-order valence-corrected chi connectivity index (χ2v) is 5.51. The van der Waals surface area contributed by atoms with Crippen LogP contribution in [0.2, 0.25) is 0 Å². The Morgan fingerprint density at radius 1 is 1.35 bits per heavy atom. The SMILES string of the molecule is CC1CC(O)CCN1CCc1cccc(C(F)(F)F)c1. The number of aliphatic hydroxyl groups is 1. The number of rotatable bonds is 3. The molecule has 1 aromatic rings. The molecule has 5 heteroatoms. The average molecular weight is 287 g/mol. The first-order chi connectivity index (χ1) is 9.36. The lowest BCUT2D eigenvalue weighted by molar-refractivity contribution is -0.137. The fourth-order valence-electron chi connectivity index (χ4n) is 2.70. The molecule has 2 unspecified atom stereocenters. The molecule has 0 aliphatic carbocycles. The summed E-state index contributed by atoms with van der Waals surface area (Å²) in [7, 11) is 0. The van der Waals surface area contributed by atoms with E-state index in [1.165, 1.54) is 12.1 Å². The van der Waals surface area contributed by atoms with Gasteiger partial charge in [0.2, 0.25) is 0 Å². The predicted octanol–water partition coefficient (Wildman–Crippen LogP) is 3.09. The maximum Gasteiger partial charge on any atom is 0.416 e. The van der Waals surface area contributed by atoms with Gasteiger partial charge in [0, 0.05) is 19.1 Å². The Hall–Kier alpha value is -1.07. The van der Waals surface area contributed by atoms with Gasteiger partial charge in [0.1, 0.15) is 0 Å². The van der Waals surface area contributed by atoms with Gasteiger partial charge in [-0.1, -0.05) is 18.2 Å². The molecule has 2 atom stereocenters. The minimum absolute atomic E-state index is 0.241. The van der Waals surface area contributed by atoms with Crippen LogP contribution in [0.5, 0.6) is 0 Å². The second-order valence-electron chi connectivity index (χ2n) is 5.51. The molecule has 0 radical (unpaired) electrons. The maximum absolute atomic E-state index is 12.6. The van der Waals surface area contributed by atoms with Crippen LogP contribution in [0.1, 0.15) is 30.9 Å². The summed E-state index contributed by atoms with van der Waals surface area (Å²) in [6.07, 6.45) is -2.44. The van der Waals surface area contributed by atoms with E-state index in [0.717, 1.165) is 32.0 Å². The molecule has 20 heavy (non-hydrogen) atoms. The number of hydrogen-bond donors (Lipinski definition) is 1. The van der Waals surface area contributed by atoms with Crippen molar-refractivity contribution in [3.05, 3.63) is 35.4 Å². The summed E-state index contributed by atoms with van der Waals surface area (Å²) in [5, 5.41) is 9.56. The Morgan fingerprint density at radius 3 is 2.75 bits per heavy atom. The lowest BCUT2D eigenvalue weighted by Crippen LogP contribution is -2.43. The summed E-state index contributed by atoms with van der Waals surface area (Å²) in [6.45, 7) is 3.59. The van der Waals surface area contributed by atoms with Crippen LogP contribution >= 0.6 is 0 Å². The van der Waals surface area contributed by atoms with Crippen molar-refractivity contribution < 1.29 is 18.3 Å². The van der Waals surface area contributed by atoms with E-state index in [9.17, 15) is 18.3 Å². The number of likely N-dealkylation sites (tertiary alicyclic amines) is 1. The first-order valence-electron chi connectivity index (χ1n) is 6.94. The van der Waals surface area contributed by atoms with Crippen molar-refractivity contribution in [2.24, 2.45) is 0 Å². The molecule has 112 valence electrons. The molecular weight excluding hydrogens is 267 g/mol. The van der Waals surface area contributed by atoms with Gasteiger partial charge in [-0.2, -0.15) is 13.2 Å². The van der Waals surface area contributed by atoms with Gasteiger partial charge in [-0.05, 0) is 37.8 Å². The number of benzene rings is 1. The van der Waals surface area contributed by atoms with Crippen molar-refractivity contribution >= 4 is 0 Å². The van der Waals surface area contributed by atoms with E-state index in [0.29, 0.717) is 12.0 Å². The first kappa shape index (κ1) is 15.3. The van der Waals surface area contributed by atoms with Crippen LogP contribution in [0.4, 0.5) is 13.2 Å². The van der Waals surface area contributed by atoms with Crippen molar-refractivity contribution in [1.82, 2.24) is 4.90 Å². The molecule has 1 N–H and O–H groups in total. The predicted molar refractivity (Wildman–Crippen MR) is 71.4 cm³/mol. The highest BCUT2D eigenvalue weighted by Crippen LogP contribution is 2.29. The number of aliphatic hydroxyl groups excluding tert-OH is 1. The van der Waals surface area contributed by atoms with E-state index < -0.39 is 11.7 Å². The Labute approximate surface area is 117 Å². The molecule has 0 bridgehead atoms. The molecule has 0 amide bonds. The summed E-state index contributed by atoms with van der Waals surface area (Å²) in [4.78, 5) is 2.23. The molecule has 1 heterocycles. The van der Waals surface area contributed by atoms with Gasteiger partial charge in [0.25, 0.3) is 0 Å². The fraction of sp³-hybridized carbons (Fsp3) is 0.600. The van der Waals surface area contributed by atoms with E-state index in [1.807, 2.05) is 0 Å².